The molecule has 7 heteroatoms. The van der Waals surface area contributed by atoms with E-state index in [9.17, 15) is 0 Å². The van der Waals surface area contributed by atoms with Gasteiger partial charge in [-0.25, -0.2) is 10.8 Å². The lowest BCUT2D eigenvalue weighted by Gasteiger charge is -2.09. The number of benzene rings is 1. The summed E-state index contributed by atoms with van der Waals surface area (Å²) in [5, 5.41) is 0.964. The Hall–Kier alpha value is -1.01. The van der Waals surface area contributed by atoms with E-state index in [2.05, 4.69) is 26.3 Å². The Morgan fingerprint density at radius 1 is 1.22 bits per heavy atom. The Balaban J connectivity index is 2.30. The van der Waals surface area contributed by atoms with Crippen LogP contribution in [0.3, 0.4) is 0 Å². The maximum atomic E-state index is 6.06. The number of hydrazine groups is 1. The number of nitrogens with zero attached hydrogens (tertiary/aromatic N) is 1. The number of hydrogen-bond acceptors (Lipinski definition) is 4. The minimum absolute atomic E-state index is 0.449. The van der Waals surface area contributed by atoms with Crippen LogP contribution in [0.5, 0.6) is 11.5 Å². The van der Waals surface area contributed by atoms with E-state index in [0.29, 0.717) is 31.8 Å². The molecule has 1 aromatic carbocycles. The number of rotatable bonds is 3. The van der Waals surface area contributed by atoms with Gasteiger partial charge in [0.1, 0.15) is 17.3 Å². The molecule has 2 aromatic rings. The second-order valence-corrected chi connectivity index (χ2v) is 4.99. The molecule has 0 atom stereocenters. The lowest BCUT2D eigenvalue weighted by atomic mass is 10.3. The van der Waals surface area contributed by atoms with Crippen molar-refractivity contribution in [3.8, 4) is 11.5 Å². The van der Waals surface area contributed by atoms with Gasteiger partial charge in [0.2, 0.25) is 0 Å². The molecule has 0 bridgehead atoms. The van der Waals surface area contributed by atoms with E-state index in [4.69, 9.17) is 33.8 Å². The summed E-state index contributed by atoms with van der Waals surface area (Å²) in [7, 11) is 0. The Morgan fingerprint density at radius 3 is 2.72 bits per heavy atom. The van der Waals surface area contributed by atoms with E-state index < -0.39 is 0 Å². The number of ether oxygens (including phenoxy) is 1. The largest absolute Gasteiger partial charge is 0.456 e. The Morgan fingerprint density at radius 2 is 2.00 bits per heavy atom. The van der Waals surface area contributed by atoms with Gasteiger partial charge in [0.25, 0.3) is 0 Å². The summed E-state index contributed by atoms with van der Waals surface area (Å²) >= 11 is 15.3. The average Bonchev–Trinajstić information content (AvgIpc) is 2.36. The third kappa shape index (κ3) is 3.05. The minimum Gasteiger partial charge on any atom is -0.456 e. The second kappa shape index (κ2) is 5.75. The first-order valence-corrected chi connectivity index (χ1v) is 6.40. The van der Waals surface area contributed by atoms with Gasteiger partial charge in [-0.2, -0.15) is 0 Å². The van der Waals surface area contributed by atoms with Crippen LogP contribution in [0, 0.1) is 0 Å². The van der Waals surface area contributed by atoms with Crippen molar-refractivity contribution in [3.63, 3.8) is 0 Å². The van der Waals surface area contributed by atoms with E-state index in [1.807, 2.05) is 0 Å². The fourth-order valence-corrected chi connectivity index (χ4v) is 2.09. The van der Waals surface area contributed by atoms with Crippen molar-refractivity contribution in [1.29, 1.82) is 0 Å². The Labute approximate surface area is 122 Å². The van der Waals surface area contributed by atoms with E-state index in [1.54, 1.807) is 30.5 Å². The van der Waals surface area contributed by atoms with Gasteiger partial charge in [0, 0.05) is 22.8 Å². The van der Waals surface area contributed by atoms with Crippen LogP contribution in [0.2, 0.25) is 10.0 Å². The SMILES string of the molecule is NNc1cc(Oc2cc(Cl)c(Br)cc2Cl)ccn1. The van der Waals surface area contributed by atoms with E-state index in [0.717, 1.165) is 0 Å². The zero-order chi connectivity index (χ0) is 13.1. The maximum absolute atomic E-state index is 6.06. The fourth-order valence-electron chi connectivity index (χ4n) is 1.26. The summed E-state index contributed by atoms with van der Waals surface area (Å²) in [5.74, 6) is 6.77. The molecule has 0 aliphatic carbocycles. The van der Waals surface area contributed by atoms with Crippen molar-refractivity contribution in [2.45, 2.75) is 0 Å². The smallest absolute Gasteiger partial charge is 0.147 e. The van der Waals surface area contributed by atoms with Gasteiger partial charge < -0.3 is 10.2 Å². The molecular formula is C11H8BrCl2N3O. The molecule has 2 rings (SSSR count). The van der Waals surface area contributed by atoms with Crippen LogP contribution in [0.15, 0.2) is 34.9 Å². The van der Waals surface area contributed by atoms with Gasteiger partial charge in [-0.15, -0.1) is 0 Å². The lowest BCUT2D eigenvalue weighted by Crippen LogP contribution is -2.08. The van der Waals surface area contributed by atoms with Crippen LogP contribution in [0.1, 0.15) is 0 Å². The van der Waals surface area contributed by atoms with Crippen molar-refractivity contribution in [2.75, 3.05) is 5.43 Å². The molecule has 1 aromatic heterocycles. The highest BCUT2D eigenvalue weighted by atomic mass is 79.9. The molecule has 1 heterocycles. The number of hydrogen-bond donors (Lipinski definition) is 2. The molecule has 94 valence electrons. The molecule has 0 amide bonds. The van der Waals surface area contributed by atoms with Gasteiger partial charge in [-0.3, -0.25) is 0 Å². The summed E-state index contributed by atoms with van der Waals surface area (Å²) < 4.78 is 6.32. The molecule has 0 aliphatic heterocycles. The molecule has 0 saturated heterocycles. The molecule has 18 heavy (non-hydrogen) atoms. The predicted octanol–water partition coefficient (Wildman–Crippen LogP) is 4.23. The van der Waals surface area contributed by atoms with Gasteiger partial charge in [-0.1, -0.05) is 23.2 Å². The molecule has 0 aliphatic rings. The van der Waals surface area contributed by atoms with E-state index in [1.165, 1.54) is 0 Å². The molecule has 3 N–H and O–H groups in total. The number of nitrogens with one attached hydrogen (secondary N) is 1. The van der Waals surface area contributed by atoms with Crippen LogP contribution < -0.4 is 16.0 Å². The molecule has 0 spiro atoms. The normalized spacial score (nSPS) is 10.2. The molecule has 4 nitrogen and oxygen atoms in total. The first kappa shape index (κ1) is 13.4. The average molecular weight is 349 g/mol. The van der Waals surface area contributed by atoms with Gasteiger partial charge >= 0.3 is 0 Å². The van der Waals surface area contributed by atoms with Crippen LogP contribution in [-0.2, 0) is 0 Å². The number of nitrogens with two attached hydrogens (primary N) is 1. The van der Waals surface area contributed by atoms with Crippen LogP contribution in [0.4, 0.5) is 5.82 Å². The zero-order valence-corrected chi connectivity index (χ0v) is 12.1. The molecule has 0 saturated carbocycles. The van der Waals surface area contributed by atoms with Crippen molar-refractivity contribution < 1.29 is 4.74 Å². The van der Waals surface area contributed by atoms with Gasteiger partial charge in [0.05, 0.1) is 10.0 Å². The monoisotopic (exact) mass is 347 g/mol. The summed E-state index contributed by atoms with van der Waals surface area (Å²) in [6, 6.07) is 6.63. The first-order valence-electron chi connectivity index (χ1n) is 4.85. The number of nitrogen functional groups attached to an aromatic ring is 1. The topological polar surface area (TPSA) is 60.2 Å². The zero-order valence-electron chi connectivity index (χ0n) is 8.95. The van der Waals surface area contributed by atoms with Crippen molar-refractivity contribution in [1.82, 2.24) is 4.98 Å². The summed E-state index contributed by atoms with van der Waals surface area (Å²) in [5.41, 5.74) is 2.43. The number of anilines is 1. The quantitative estimate of drug-likeness (QED) is 0.495. The predicted molar refractivity (Wildman–Crippen MR) is 76.3 cm³/mol. The van der Waals surface area contributed by atoms with Crippen molar-refractivity contribution in [2.24, 2.45) is 5.84 Å². The number of aromatic nitrogens is 1. The molecule has 0 fully saturated rings. The first-order chi connectivity index (χ1) is 8.60. The summed E-state index contributed by atoms with van der Waals surface area (Å²) in [4.78, 5) is 3.97. The Bertz CT molecular complexity index is 580. The Kier molecular flexibility index (Phi) is 4.29. The second-order valence-electron chi connectivity index (χ2n) is 3.32. The van der Waals surface area contributed by atoms with E-state index >= 15 is 0 Å². The molecular weight excluding hydrogens is 341 g/mol. The molecule has 0 unspecified atom stereocenters. The van der Waals surface area contributed by atoms with Gasteiger partial charge in [-0.05, 0) is 28.1 Å². The van der Waals surface area contributed by atoms with Crippen LogP contribution in [0.25, 0.3) is 0 Å². The van der Waals surface area contributed by atoms with Crippen LogP contribution in [-0.4, -0.2) is 4.98 Å². The van der Waals surface area contributed by atoms with Gasteiger partial charge in [0.15, 0.2) is 0 Å². The highest BCUT2D eigenvalue weighted by molar-refractivity contribution is 9.10. The van der Waals surface area contributed by atoms with Crippen molar-refractivity contribution >= 4 is 44.9 Å². The lowest BCUT2D eigenvalue weighted by molar-refractivity contribution is 0.482. The highest BCUT2D eigenvalue weighted by Gasteiger charge is 2.08. The summed E-state index contributed by atoms with van der Waals surface area (Å²) in [6.07, 6.45) is 1.57. The molecule has 0 radical (unpaired) electrons. The standard InChI is InChI=1S/C11H8BrCl2N3O/c12-7-4-9(14)10(5-8(7)13)18-6-1-2-16-11(3-6)17-15/h1-5H,15H2,(H,16,17). The third-order valence-electron chi connectivity index (χ3n) is 2.08. The van der Waals surface area contributed by atoms with Crippen molar-refractivity contribution in [3.05, 3.63) is 45.0 Å². The number of halogens is 3. The minimum atomic E-state index is 0.449. The van der Waals surface area contributed by atoms with E-state index in [-0.39, 0.29) is 0 Å². The number of pyridine rings is 1. The fraction of sp³-hybridized carbons (Fsp3) is 0. The summed E-state index contributed by atoms with van der Waals surface area (Å²) in [6.45, 7) is 0. The van der Waals surface area contributed by atoms with Crippen LogP contribution >= 0.6 is 39.1 Å². The highest BCUT2D eigenvalue weighted by Crippen LogP contribution is 2.36. The third-order valence-corrected chi connectivity index (χ3v) is 3.57. The maximum Gasteiger partial charge on any atom is 0.147 e.